The molecule has 1 aliphatic carbocycles. The van der Waals surface area contributed by atoms with Crippen LogP contribution in [0, 0.1) is 0 Å². The van der Waals surface area contributed by atoms with Crippen LogP contribution >= 0.6 is 0 Å². The molecule has 1 saturated carbocycles. The Balaban J connectivity index is 1.24. The summed E-state index contributed by atoms with van der Waals surface area (Å²) in [6, 6.07) is 9.08. The summed E-state index contributed by atoms with van der Waals surface area (Å²) in [7, 11) is 0. The van der Waals surface area contributed by atoms with Crippen LogP contribution < -0.4 is 10.2 Å². The molecular formula is C23H35N5O2. The number of rotatable bonds is 6. The number of carbonyl (C=O) groups is 2. The van der Waals surface area contributed by atoms with E-state index in [-0.39, 0.29) is 11.8 Å². The van der Waals surface area contributed by atoms with Crippen molar-refractivity contribution in [2.45, 2.75) is 38.8 Å². The van der Waals surface area contributed by atoms with E-state index < -0.39 is 0 Å². The first-order valence-electron chi connectivity index (χ1n) is 11.4. The number of hydrogen-bond acceptors (Lipinski definition) is 5. The number of piperazine rings is 2. The van der Waals surface area contributed by atoms with E-state index in [0.29, 0.717) is 31.7 Å². The van der Waals surface area contributed by atoms with Gasteiger partial charge in [-0.1, -0.05) is 0 Å². The molecule has 0 bridgehead atoms. The molecule has 0 atom stereocenters. The van der Waals surface area contributed by atoms with Gasteiger partial charge >= 0.3 is 0 Å². The highest BCUT2D eigenvalue weighted by atomic mass is 16.2. The lowest BCUT2D eigenvalue weighted by Crippen LogP contribution is -2.51. The number of hydrogen-bond donors (Lipinski definition) is 1. The van der Waals surface area contributed by atoms with Gasteiger partial charge in [0.25, 0.3) is 5.91 Å². The molecule has 30 heavy (non-hydrogen) atoms. The molecule has 3 fully saturated rings. The molecule has 3 aliphatic rings. The summed E-state index contributed by atoms with van der Waals surface area (Å²) in [5.41, 5.74) is 1.95. The predicted molar refractivity (Wildman–Crippen MR) is 119 cm³/mol. The highest BCUT2D eigenvalue weighted by Gasteiger charge is 2.27. The molecule has 1 aromatic rings. The number of carbonyl (C=O) groups excluding carboxylic acids is 2. The standard InChI is InChI=1S/C23H35N5O2/c1-18(2)26-13-15-27(16-14-26)21-7-3-19(4-8-21)23(30)28-11-9-25(10-12-28)17-22(29)24-20-5-6-20/h3-4,7-8,18,20H,5-6,9-17H2,1-2H3,(H,24,29). The first-order valence-corrected chi connectivity index (χ1v) is 11.4. The van der Waals surface area contributed by atoms with E-state index in [1.54, 1.807) is 0 Å². The van der Waals surface area contributed by atoms with Crippen molar-refractivity contribution in [1.29, 1.82) is 0 Å². The summed E-state index contributed by atoms with van der Waals surface area (Å²) in [4.78, 5) is 33.8. The number of nitrogens with zero attached hydrogens (tertiary/aromatic N) is 4. The zero-order chi connectivity index (χ0) is 21.1. The molecule has 0 aromatic heterocycles. The minimum atomic E-state index is 0.0910. The average Bonchev–Trinajstić information content (AvgIpc) is 3.58. The van der Waals surface area contributed by atoms with Crippen molar-refractivity contribution in [3.8, 4) is 0 Å². The Morgan fingerprint density at radius 2 is 1.57 bits per heavy atom. The zero-order valence-corrected chi connectivity index (χ0v) is 18.3. The van der Waals surface area contributed by atoms with Crippen LogP contribution in [0.1, 0.15) is 37.0 Å². The Morgan fingerprint density at radius 3 is 2.13 bits per heavy atom. The molecule has 2 aliphatic heterocycles. The smallest absolute Gasteiger partial charge is 0.253 e. The van der Waals surface area contributed by atoms with Crippen LogP contribution in [-0.4, -0.2) is 97.5 Å². The number of amides is 2. The van der Waals surface area contributed by atoms with E-state index >= 15 is 0 Å². The molecule has 0 spiro atoms. The Hall–Kier alpha value is -2.12. The monoisotopic (exact) mass is 413 g/mol. The normalized spacial score (nSPS) is 21.2. The van der Waals surface area contributed by atoms with Crippen LogP contribution in [0.4, 0.5) is 5.69 Å². The third-order valence-electron chi connectivity index (χ3n) is 6.49. The van der Waals surface area contributed by atoms with Crippen molar-refractivity contribution in [2.24, 2.45) is 0 Å². The molecule has 0 unspecified atom stereocenters. The fraction of sp³-hybridized carbons (Fsp3) is 0.652. The SMILES string of the molecule is CC(C)N1CCN(c2ccc(C(=O)N3CCN(CC(=O)NC4CC4)CC3)cc2)CC1. The van der Waals surface area contributed by atoms with E-state index in [1.165, 1.54) is 5.69 Å². The van der Waals surface area contributed by atoms with Crippen molar-refractivity contribution in [2.75, 3.05) is 63.8 Å². The maximum Gasteiger partial charge on any atom is 0.253 e. The fourth-order valence-electron chi connectivity index (χ4n) is 4.31. The minimum absolute atomic E-state index is 0.0910. The number of anilines is 1. The summed E-state index contributed by atoms with van der Waals surface area (Å²) in [5.74, 6) is 0.204. The van der Waals surface area contributed by atoms with Crippen LogP contribution in [0.2, 0.25) is 0 Å². The lowest BCUT2D eigenvalue weighted by molar-refractivity contribution is -0.122. The van der Waals surface area contributed by atoms with Crippen LogP contribution in [0.3, 0.4) is 0 Å². The van der Waals surface area contributed by atoms with Gasteiger partial charge in [0.1, 0.15) is 0 Å². The summed E-state index contributed by atoms with van der Waals surface area (Å²) in [5, 5.41) is 3.03. The van der Waals surface area contributed by atoms with Gasteiger partial charge in [-0.3, -0.25) is 19.4 Å². The van der Waals surface area contributed by atoms with E-state index in [2.05, 4.69) is 46.0 Å². The quantitative estimate of drug-likeness (QED) is 0.761. The van der Waals surface area contributed by atoms with Gasteiger partial charge in [-0.2, -0.15) is 0 Å². The summed E-state index contributed by atoms with van der Waals surface area (Å²) < 4.78 is 0. The lowest BCUT2D eigenvalue weighted by atomic mass is 10.1. The molecular weight excluding hydrogens is 378 g/mol. The third-order valence-corrected chi connectivity index (χ3v) is 6.49. The van der Waals surface area contributed by atoms with Crippen LogP contribution in [-0.2, 0) is 4.79 Å². The summed E-state index contributed by atoms with van der Waals surface area (Å²) in [6.45, 7) is 12.0. The molecule has 2 heterocycles. The number of benzene rings is 1. The molecule has 1 N–H and O–H groups in total. The molecule has 7 nitrogen and oxygen atoms in total. The van der Waals surface area contributed by atoms with Crippen molar-refractivity contribution in [1.82, 2.24) is 20.0 Å². The van der Waals surface area contributed by atoms with Gasteiger partial charge in [0.15, 0.2) is 0 Å². The van der Waals surface area contributed by atoms with Crippen molar-refractivity contribution in [3.05, 3.63) is 29.8 Å². The van der Waals surface area contributed by atoms with E-state index in [1.807, 2.05) is 17.0 Å². The second kappa shape index (κ2) is 9.35. The van der Waals surface area contributed by atoms with Gasteiger partial charge in [-0.25, -0.2) is 0 Å². The molecule has 164 valence electrons. The van der Waals surface area contributed by atoms with Crippen LogP contribution in [0.5, 0.6) is 0 Å². The van der Waals surface area contributed by atoms with Gasteiger partial charge < -0.3 is 15.1 Å². The Bertz CT molecular complexity index is 730. The van der Waals surface area contributed by atoms with Gasteiger partial charge in [0, 0.05) is 75.7 Å². The topological polar surface area (TPSA) is 59.1 Å². The van der Waals surface area contributed by atoms with Crippen molar-refractivity contribution in [3.63, 3.8) is 0 Å². The molecule has 7 heteroatoms. The Labute approximate surface area is 180 Å². The highest BCUT2D eigenvalue weighted by molar-refractivity contribution is 5.94. The van der Waals surface area contributed by atoms with E-state index in [0.717, 1.165) is 57.7 Å². The first kappa shape index (κ1) is 21.1. The molecule has 1 aromatic carbocycles. The summed E-state index contributed by atoms with van der Waals surface area (Å²) in [6.07, 6.45) is 2.22. The van der Waals surface area contributed by atoms with Gasteiger partial charge in [-0.05, 0) is 51.0 Å². The first-order chi connectivity index (χ1) is 14.5. The van der Waals surface area contributed by atoms with E-state index in [4.69, 9.17) is 0 Å². The van der Waals surface area contributed by atoms with Gasteiger partial charge in [-0.15, -0.1) is 0 Å². The fourth-order valence-corrected chi connectivity index (χ4v) is 4.31. The Kier molecular flexibility index (Phi) is 6.58. The van der Waals surface area contributed by atoms with Gasteiger partial charge in [0.2, 0.25) is 5.91 Å². The third kappa shape index (κ3) is 5.32. The number of nitrogens with one attached hydrogen (secondary N) is 1. The highest BCUT2D eigenvalue weighted by Crippen LogP contribution is 2.20. The van der Waals surface area contributed by atoms with Crippen LogP contribution in [0.15, 0.2) is 24.3 Å². The minimum Gasteiger partial charge on any atom is -0.369 e. The molecule has 2 saturated heterocycles. The molecule has 2 amide bonds. The predicted octanol–water partition coefficient (Wildman–Crippen LogP) is 1.25. The summed E-state index contributed by atoms with van der Waals surface area (Å²) >= 11 is 0. The van der Waals surface area contributed by atoms with E-state index in [9.17, 15) is 9.59 Å². The zero-order valence-electron chi connectivity index (χ0n) is 18.3. The second-order valence-electron chi connectivity index (χ2n) is 9.07. The largest absolute Gasteiger partial charge is 0.369 e. The maximum absolute atomic E-state index is 12.9. The second-order valence-corrected chi connectivity index (χ2v) is 9.07. The Morgan fingerprint density at radius 1 is 0.933 bits per heavy atom. The lowest BCUT2D eigenvalue weighted by Gasteiger charge is -2.38. The van der Waals surface area contributed by atoms with Crippen molar-refractivity contribution >= 4 is 17.5 Å². The van der Waals surface area contributed by atoms with Gasteiger partial charge in [0.05, 0.1) is 6.54 Å². The van der Waals surface area contributed by atoms with Crippen LogP contribution in [0.25, 0.3) is 0 Å². The molecule has 4 rings (SSSR count). The average molecular weight is 414 g/mol. The van der Waals surface area contributed by atoms with Crippen molar-refractivity contribution < 1.29 is 9.59 Å². The molecule has 0 radical (unpaired) electrons. The maximum atomic E-state index is 12.9.